The van der Waals surface area contributed by atoms with Crippen LogP contribution in [0, 0.1) is 6.92 Å². The quantitative estimate of drug-likeness (QED) is 0.170. The molecule has 0 unspecified atom stereocenters. The second-order valence-corrected chi connectivity index (χ2v) is 19.4. The third-order valence-electron chi connectivity index (χ3n) is 10.5. The minimum Gasteiger partial charge on any atom is -0.548 e. The number of hydrogen-bond acceptors (Lipinski definition) is 11. The molecule has 6 atom stereocenters. The number of aromatic nitrogens is 1. The summed E-state index contributed by atoms with van der Waals surface area (Å²) in [5.74, 6) is -3.85. The summed E-state index contributed by atoms with van der Waals surface area (Å²) in [6, 6.07) is 18.1. The summed E-state index contributed by atoms with van der Waals surface area (Å²) in [4.78, 5) is 77.0. The Hall–Kier alpha value is -4.03. The molecule has 4 fully saturated rings. The van der Waals surface area contributed by atoms with Gasteiger partial charge in [0.1, 0.15) is 45.9 Å². The second-order valence-electron chi connectivity index (χ2n) is 15.0. The van der Waals surface area contributed by atoms with Crippen molar-refractivity contribution in [1.82, 2.24) is 25.6 Å². The maximum atomic E-state index is 13.1. The van der Waals surface area contributed by atoms with E-state index in [4.69, 9.17) is 27.7 Å². The predicted molar refractivity (Wildman–Crippen MR) is 216 cm³/mol. The van der Waals surface area contributed by atoms with Gasteiger partial charge in [0.05, 0.1) is 22.1 Å². The van der Waals surface area contributed by atoms with Crippen LogP contribution in [0.3, 0.4) is 0 Å². The third kappa shape index (κ3) is 7.88. The van der Waals surface area contributed by atoms with Gasteiger partial charge < -0.3 is 40.0 Å². The number of thioether (sulfide) groups is 2. The van der Waals surface area contributed by atoms with E-state index in [1.54, 1.807) is 65.0 Å². The first kappa shape index (κ1) is 44.5. The van der Waals surface area contributed by atoms with Gasteiger partial charge in [-0.25, -0.2) is 4.79 Å². The van der Waals surface area contributed by atoms with Gasteiger partial charge in [-0.1, -0.05) is 83.0 Å². The van der Waals surface area contributed by atoms with Crippen molar-refractivity contribution in [3.05, 3.63) is 99.7 Å². The Labute approximate surface area is 379 Å². The van der Waals surface area contributed by atoms with Gasteiger partial charge in [-0.3, -0.25) is 19.2 Å². The average Bonchev–Trinajstić information content (AvgIpc) is 3.77. The largest absolute Gasteiger partial charge is 1.00 e. The molecule has 14 nitrogen and oxygen atoms in total. The molecular weight excluding hydrogens is 852 g/mol. The first-order valence-corrected chi connectivity index (χ1v) is 20.5. The van der Waals surface area contributed by atoms with Gasteiger partial charge in [-0.05, 0) is 63.9 Å². The van der Waals surface area contributed by atoms with Crippen LogP contribution in [-0.4, -0.2) is 100 Å². The van der Waals surface area contributed by atoms with Crippen molar-refractivity contribution in [3.8, 4) is 22.4 Å². The van der Waals surface area contributed by atoms with Crippen LogP contribution in [0.1, 0.15) is 54.2 Å². The van der Waals surface area contributed by atoms with E-state index in [-0.39, 0.29) is 58.4 Å². The molecule has 0 saturated carbocycles. The maximum Gasteiger partial charge on any atom is 1.00 e. The molecule has 19 heteroatoms. The van der Waals surface area contributed by atoms with E-state index >= 15 is 0 Å². The van der Waals surface area contributed by atoms with Crippen LogP contribution >= 0.6 is 46.7 Å². The smallest absolute Gasteiger partial charge is 0.548 e. The van der Waals surface area contributed by atoms with E-state index in [1.807, 2.05) is 42.5 Å². The SMILES string of the molecule is CC1(C)S[C@@H]2[C@H](NC(=O)c3ccccc3-c3ccccc3)C(=O)N2[C@H]1C(=O)[O-].Cc1onc(-c2c(Cl)cccc2Cl)c1C(=O)N[C@@H]1C(=O)N2[C@@H]1SC(C)(C)[C@@H]2C(=O)O.[Na+]. The van der Waals surface area contributed by atoms with Gasteiger partial charge in [0, 0.05) is 20.6 Å². The summed E-state index contributed by atoms with van der Waals surface area (Å²) >= 11 is 15.2. The van der Waals surface area contributed by atoms with Crippen LogP contribution in [0.2, 0.25) is 10.0 Å². The van der Waals surface area contributed by atoms with Crippen LogP contribution in [0.5, 0.6) is 0 Å². The van der Waals surface area contributed by atoms with Gasteiger partial charge in [0.15, 0.2) is 0 Å². The fourth-order valence-corrected chi connectivity index (χ4v) is 11.6. The molecular formula is C40H36Cl2N5NaO9S2. The summed E-state index contributed by atoms with van der Waals surface area (Å²) in [5, 5.41) is 30.2. The Kier molecular flexibility index (Phi) is 12.7. The zero-order valence-electron chi connectivity index (χ0n) is 32.5. The van der Waals surface area contributed by atoms with E-state index in [9.17, 15) is 39.0 Å². The molecule has 59 heavy (non-hydrogen) atoms. The van der Waals surface area contributed by atoms with E-state index < -0.39 is 68.2 Å². The number of aliphatic carboxylic acids is 2. The topological polar surface area (TPSA) is 202 Å². The standard InChI is InChI=1S/C21H20N2O4S.C19H17Cl2N3O5S.Na/c1-21(2)16(20(26)27)23-18(25)15(19(23)28-21)22-17(24)14-11-7-6-10-13(14)12-8-4-3-5-9-12;1-7-10(12(23-29-7)11-8(20)5-4-6-9(11)21)15(25)22-13-16(26)24-14(18(27)28)19(2,3)30-17(13)24;/h3-11,15-16,19H,1-2H3,(H,22,24)(H,26,27);4-6,13-14,17H,1-3H3,(H,22,25)(H,27,28);/q;;+1/p-1/t15-,16+,19-;13-,14+,17-;/m11./s1. The first-order valence-electron chi connectivity index (χ1n) is 18.0. The molecule has 3 N–H and O–H groups in total. The van der Waals surface area contributed by atoms with E-state index in [0.717, 1.165) is 11.1 Å². The molecule has 4 aromatic rings. The van der Waals surface area contributed by atoms with Gasteiger partial charge in [0.2, 0.25) is 11.8 Å². The number of nitrogens with one attached hydrogen (secondary N) is 2. The number of β-lactam (4-membered cyclic amide) rings is 2. The Morgan fingerprint density at radius 1 is 0.780 bits per heavy atom. The average molecular weight is 889 g/mol. The fraction of sp³-hybridized carbons (Fsp3) is 0.325. The number of carbonyl (C=O) groups is 6. The maximum absolute atomic E-state index is 13.1. The third-order valence-corrected chi connectivity index (χ3v) is 14.2. The Morgan fingerprint density at radius 3 is 1.85 bits per heavy atom. The molecule has 1 aromatic heterocycles. The van der Waals surface area contributed by atoms with Crippen molar-refractivity contribution in [2.45, 2.75) is 79.0 Å². The number of nitrogens with zero attached hydrogens (tertiary/aromatic N) is 3. The molecule has 8 rings (SSSR count). The normalized spacial score (nSPS) is 24.3. The van der Waals surface area contributed by atoms with Crippen molar-refractivity contribution < 1.29 is 73.1 Å². The minimum absolute atomic E-state index is 0. The van der Waals surface area contributed by atoms with Gasteiger partial charge in [-0.15, -0.1) is 23.5 Å². The molecule has 4 aliphatic rings. The molecule has 0 aliphatic carbocycles. The Bertz CT molecular complexity index is 2360. The molecule has 5 heterocycles. The van der Waals surface area contributed by atoms with Crippen LogP contribution < -0.4 is 45.3 Å². The van der Waals surface area contributed by atoms with Crippen molar-refractivity contribution in [3.63, 3.8) is 0 Å². The summed E-state index contributed by atoms with van der Waals surface area (Å²) in [5.41, 5.74) is 2.80. The Balaban J connectivity index is 0.000000195. The molecule has 0 bridgehead atoms. The molecule has 4 aliphatic heterocycles. The summed E-state index contributed by atoms with van der Waals surface area (Å²) in [6.07, 6.45) is 0. The molecule has 0 spiro atoms. The molecule has 4 saturated heterocycles. The van der Waals surface area contributed by atoms with Crippen LogP contribution in [0.15, 0.2) is 77.3 Å². The number of carboxylic acid groups (broad SMARTS) is 2. The number of halogens is 2. The number of rotatable bonds is 8. The second kappa shape index (κ2) is 16.8. The fourth-order valence-electron chi connectivity index (χ4n) is 7.79. The molecule has 0 radical (unpaired) electrons. The van der Waals surface area contributed by atoms with E-state index in [1.165, 1.54) is 33.3 Å². The first-order chi connectivity index (χ1) is 27.4. The van der Waals surface area contributed by atoms with Crippen molar-refractivity contribution in [2.24, 2.45) is 0 Å². The van der Waals surface area contributed by atoms with Crippen molar-refractivity contribution in [1.29, 1.82) is 0 Å². The number of fused-ring (bicyclic) bond motifs is 2. The van der Waals surface area contributed by atoms with Crippen molar-refractivity contribution >= 4 is 82.3 Å². The summed E-state index contributed by atoms with van der Waals surface area (Å²) in [7, 11) is 0. The number of benzene rings is 3. The monoisotopic (exact) mass is 887 g/mol. The van der Waals surface area contributed by atoms with E-state index in [2.05, 4.69) is 15.8 Å². The molecule has 4 amide bonds. The number of amides is 4. The minimum atomic E-state index is -1.27. The van der Waals surface area contributed by atoms with Gasteiger partial charge in [0.25, 0.3) is 11.8 Å². The van der Waals surface area contributed by atoms with Gasteiger partial charge >= 0.3 is 35.5 Å². The zero-order valence-corrected chi connectivity index (χ0v) is 37.7. The van der Waals surface area contributed by atoms with E-state index in [0.29, 0.717) is 21.2 Å². The van der Waals surface area contributed by atoms with Crippen LogP contribution in [-0.2, 0) is 19.2 Å². The number of hydrogen-bond donors (Lipinski definition) is 3. The number of aryl methyl sites for hydroxylation is 1. The molecule has 3 aromatic carbocycles. The number of carbonyl (C=O) groups excluding carboxylic acids is 5. The predicted octanol–water partition coefficient (Wildman–Crippen LogP) is 1.47. The summed E-state index contributed by atoms with van der Waals surface area (Å²) in [6.45, 7) is 8.64. The zero-order chi connectivity index (χ0) is 42.0. The van der Waals surface area contributed by atoms with Crippen molar-refractivity contribution in [2.75, 3.05) is 0 Å². The number of carboxylic acids is 2. The molecule has 302 valence electrons. The van der Waals surface area contributed by atoms with Gasteiger partial charge in [-0.2, -0.15) is 0 Å². The Morgan fingerprint density at radius 2 is 1.29 bits per heavy atom. The summed E-state index contributed by atoms with van der Waals surface area (Å²) < 4.78 is 3.84. The van der Waals surface area contributed by atoms with Crippen LogP contribution in [0.4, 0.5) is 0 Å². The van der Waals surface area contributed by atoms with Crippen LogP contribution in [0.25, 0.3) is 22.4 Å².